The molecule has 0 aliphatic heterocycles. The zero-order valence-corrected chi connectivity index (χ0v) is 10.2. The molecule has 2 N–H and O–H groups in total. The molecular formula is C16H13NO2. The van der Waals surface area contributed by atoms with E-state index in [9.17, 15) is 9.90 Å². The van der Waals surface area contributed by atoms with Gasteiger partial charge in [0, 0.05) is 11.3 Å². The fourth-order valence-corrected chi connectivity index (χ4v) is 1.68. The standard InChI is InChI=1S/C16H13NO2/c1-2-12-7-6-10-14(11-12)17-16(19)15(18)13-8-4-3-5-9-13/h1,3-11,15,18H,(H,17,19). The Morgan fingerprint density at radius 2 is 1.89 bits per heavy atom. The first-order valence-electron chi connectivity index (χ1n) is 5.81. The first kappa shape index (κ1) is 12.9. The minimum atomic E-state index is -1.20. The number of carbonyl (C=O) groups excluding carboxylic acids is 1. The van der Waals surface area contributed by atoms with Crippen molar-refractivity contribution in [2.24, 2.45) is 0 Å². The summed E-state index contributed by atoms with van der Waals surface area (Å²) in [4.78, 5) is 11.9. The summed E-state index contributed by atoms with van der Waals surface area (Å²) in [5, 5.41) is 12.6. The van der Waals surface area contributed by atoms with Gasteiger partial charge < -0.3 is 10.4 Å². The molecule has 0 radical (unpaired) electrons. The Morgan fingerprint density at radius 1 is 1.16 bits per heavy atom. The number of carbonyl (C=O) groups is 1. The van der Waals surface area contributed by atoms with Crippen molar-refractivity contribution in [1.82, 2.24) is 0 Å². The Kier molecular flexibility index (Phi) is 3.97. The summed E-state index contributed by atoms with van der Waals surface area (Å²) in [6.07, 6.45) is 4.09. The normalized spacial score (nSPS) is 11.4. The van der Waals surface area contributed by atoms with E-state index in [1.807, 2.05) is 6.07 Å². The lowest BCUT2D eigenvalue weighted by Crippen LogP contribution is -2.20. The predicted octanol–water partition coefficient (Wildman–Crippen LogP) is 2.34. The fourth-order valence-electron chi connectivity index (χ4n) is 1.68. The van der Waals surface area contributed by atoms with Crippen molar-refractivity contribution in [2.75, 3.05) is 5.32 Å². The molecule has 0 aliphatic rings. The van der Waals surface area contributed by atoms with E-state index in [1.54, 1.807) is 48.5 Å². The van der Waals surface area contributed by atoms with E-state index in [0.717, 1.165) is 0 Å². The summed E-state index contributed by atoms with van der Waals surface area (Å²) in [5.41, 5.74) is 1.79. The third-order valence-corrected chi connectivity index (χ3v) is 2.66. The van der Waals surface area contributed by atoms with Gasteiger partial charge in [-0.2, -0.15) is 0 Å². The van der Waals surface area contributed by atoms with E-state index >= 15 is 0 Å². The predicted molar refractivity (Wildman–Crippen MR) is 74.4 cm³/mol. The van der Waals surface area contributed by atoms with Gasteiger partial charge in [-0.1, -0.05) is 42.3 Å². The van der Waals surface area contributed by atoms with Crippen molar-refractivity contribution < 1.29 is 9.90 Å². The highest BCUT2D eigenvalue weighted by atomic mass is 16.3. The summed E-state index contributed by atoms with van der Waals surface area (Å²) in [7, 11) is 0. The number of rotatable bonds is 3. The van der Waals surface area contributed by atoms with Crippen LogP contribution in [-0.4, -0.2) is 11.0 Å². The van der Waals surface area contributed by atoms with Crippen molar-refractivity contribution >= 4 is 11.6 Å². The smallest absolute Gasteiger partial charge is 0.257 e. The molecule has 94 valence electrons. The van der Waals surface area contributed by atoms with Crippen LogP contribution in [0.5, 0.6) is 0 Å². The molecule has 19 heavy (non-hydrogen) atoms. The SMILES string of the molecule is C#Cc1cccc(NC(=O)C(O)c2ccccc2)c1. The van der Waals surface area contributed by atoms with Crippen molar-refractivity contribution in [1.29, 1.82) is 0 Å². The monoisotopic (exact) mass is 251 g/mol. The fraction of sp³-hybridized carbons (Fsp3) is 0.0625. The Balaban J connectivity index is 2.11. The molecule has 0 aromatic heterocycles. The van der Waals surface area contributed by atoms with Crippen LogP contribution in [0.25, 0.3) is 0 Å². The third-order valence-electron chi connectivity index (χ3n) is 2.66. The quantitative estimate of drug-likeness (QED) is 0.823. The molecule has 2 aromatic carbocycles. The minimum absolute atomic E-state index is 0.486. The third kappa shape index (κ3) is 3.21. The second-order valence-corrected chi connectivity index (χ2v) is 4.03. The summed E-state index contributed by atoms with van der Waals surface area (Å²) >= 11 is 0. The largest absolute Gasteiger partial charge is 0.378 e. The van der Waals surface area contributed by atoms with E-state index in [4.69, 9.17) is 6.42 Å². The Hall–Kier alpha value is -2.57. The number of nitrogens with one attached hydrogen (secondary N) is 1. The van der Waals surface area contributed by atoms with Crippen LogP contribution in [0.1, 0.15) is 17.2 Å². The summed E-state index contributed by atoms with van der Waals surface area (Å²) in [5.74, 6) is 2.00. The van der Waals surface area contributed by atoms with Gasteiger partial charge in [0.05, 0.1) is 0 Å². The van der Waals surface area contributed by atoms with Crippen LogP contribution in [0.15, 0.2) is 54.6 Å². The molecule has 0 aliphatic carbocycles. The lowest BCUT2D eigenvalue weighted by molar-refractivity contribution is -0.124. The molecule has 3 nitrogen and oxygen atoms in total. The molecule has 1 atom stereocenters. The minimum Gasteiger partial charge on any atom is -0.378 e. The molecule has 2 rings (SSSR count). The van der Waals surface area contributed by atoms with E-state index in [1.165, 1.54) is 0 Å². The topological polar surface area (TPSA) is 49.3 Å². The zero-order chi connectivity index (χ0) is 13.7. The van der Waals surface area contributed by atoms with Gasteiger partial charge in [0.25, 0.3) is 5.91 Å². The molecule has 0 bridgehead atoms. The number of amides is 1. The number of benzene rings is 2. The van der Waals surface area contributed by atoms with Crippen LogP contribution in [0.4, 0.5) is 5.69 Å². The molecule has 0 spiro atoms. The van der Waals surface area contributed by atoms with E-state index in [2.05, 4.69) is 11.2 Å². The molecular weight excluding hydrogens is 238 g/mol. The molecule has 1 amide bonds. The van der Waals surface area contributed by atoms with Crippen LogP contribution in [0.2, 0.25) is 0 Å². The number of hydrogen-bond donors (Lipinski definition) is 2. The molecule has 0 saturated carbocycles. The van der Waals surface area contributed by atoms with Gasteiger partial charge in [-0.15, -0.1) is 6.42 Å². The zero-order valence-electron chi connectivity index (χ0n) is 10.2. The van der Waals surface area contributed by atoms with Crippen molar-refractivity contribution in [3.8, 4) is 12.3 Å². The highest BCUT2D eigenvalue weighted by molar-refractivity contribution is 5.94. The maximum atomic E-state index is 11.9. The average Bonchev–Trinajstić information content (AvgIpc) is 2.47. The Bertz CT molecular complexity index is 614. The Labute approximate surface area is 111 Å². The number of aliphatic hydroxyl groups excluding tert-OH is 1. The molecule has 2 aromatic rings. The number of terminal acetylenes is 1. The summed E-state index contributed by atoms with van der Waals surface area (Å²) < 4.78 is 0. The van der Waals surface area contributed by atoms with E-state index < -0.39 is 12.0 Å². The van der Waals surface area contributed by atoms with Crippen molar-refractivity contribution in [3.05, 3.63) is 65.7 Å². The lowest BCUT2D eigenvalue weighted by Gasteiger charge is -2.11. The second-order valence-electron chi connectivity index (χ2n) is 4.03. The van der Waals surface area contributed by atoms with Gasteiger partial charge in [-0.05, 0) is 23.8 Å². The lowest BCUT2D eigenvalue weighted by atomic mass is 10.1. The van der Waals surface area contributed by atoms with Gasteiger partial charge in [0.15, 0.2) is 6.10 Å². The molecule has 0 heterocycles. The highest BCUT2D eigenvalue weighted by Crippen LogP contribution is 2.16. The van der Waals surface area contributed by atoms with Crippen LogP contribution < -0.4 is 5.32 Å². The van der Waals surface area contributed by atoms with Crippen molar-refractivity contribution in [2.45, 2.75) is 6.10 Å². The van der Waals surface area contributed by atoms with Crippen LogP contribution >= 0.6 is 0 Å². The number of anilines is 1. The maximum Gasteiger partial charge on any atom is 0.257 e. The van der Waals surface area contributed by atoms with Gasteiger partial charge in [0.2, 0.25) is 0 Å². The van der Waals surface area contributed by atoms with E-state index in [0.29, 0.717) is 16.8 Å². The van der Waals surface area contributed by atoms with Gasteiger partial charge in [-0.25, -0.2) is 0 Å². The van der Waals surface area contributed by atoms with Crippen LogP contribution in [-0.2, 0) is 4.79 Å². The second kappa shape index (κ2) is 5.85. The van der Waals surface area contributed by atoms with Crippen LogP contribution in [0, 0.1) is 12.3 Å². The number of hydrogen-bond acceptors (Lipinski definition) is 2. The maximum absolute atomic E-state index is 11.9. The Morgan fingerprint density at radius 3 is 2.58 bits per heavy atom. The first-order chi connectivity index (χ1) is 9.20. The molecule has 3 heteroatoms. The van der Waals surface area contributed by atoms with Gasteiger partial charge >= 0.3 is 0 Å². The molecule has 0 saturated heterocycles. The van der Waals surface area contributed by atoms with Gasteiger partial charge in [-0.3, -0.25) is 4.79 Å². The highest BCUT2D eigenvalue weighted by Gasteiger charge is 2.16. The summed E-state index contributed by atoms with van der Waals surface area (Å²) in [6, 6.07) is 15.7. The molecule has 0 fully saturated rings. The molecule has 1 unspecified atom stereocenters. The van der Waals surface area contributed by atoms with Crippen molar-refractivity contribution in [3.63, 3.8) is 0 Å². The number of aliphatic hydroxyl groups is 1. The summed E-state index contributed by atoms with van der Waals surface area (Å²) in [6.45, 7) is 0. The van der Waals surface area contributed by atoms with Crippen LogP contribution in [0.3, 0.4) is 0 Å². The first-order valence-corrected chi connectivity index (χ1v) is 5.81. The average molecular weight is 251 g/mol. The van der Waals surface area contributed by atoms with Gasteiger partial charge in [0.1, 0.15) is 0 Å². The van der Waals surface area contributed by atoms with E-state index in [-0.39, 0.29) is 0 Å².